The van der Waals surface area contributed by atoms with Crippen LogP contribution in [0.4, 0.5) is 5.69 Å². The minimum absolute atomic E-state index is 0.0525. The molecule has 0 amide bonds. The Bertz CT molecular complexity index is 659. The van der Waals surface area contributed by atoms with E-state index in [0.29, 0.717) is 17.3 Å². The number of nitro benzene ring substituents is 1. The van der Waals surface area contributed by atoms with Gasteiger partial charge in [0.25, 0.3) is 5.69 Å². The molecule has 0 fully saturated rings. The van der Waals surface area contributed by atoms with Gasteiger partial charge in [-0.15, -0.1) is 0 Å². The van der Waals surface area contributed by atoms with Crippen molar-refractivity contribution in [3.8, 4) is 5.75 Å². The van der Waals surface area contributed by atoms with E-state index in [0.717, 1.165) is 11.1 Å². The van der Waals surface area contributed by atoms with Crippen LogP contribution in [0.15, 0.2) is 42.5 Å². The van der Waals surface area contributed by atoms with Gasteiger partial charge in [-0.25, -0.2) is 0 Å². The Hall–Kier alpha value is -2.11. The summed E-state index contributed by atoms with van der Waals surface area (Å²) >= 11 is 5.88. The Morgan fingerprint density at radius 2 is 1.95 bits per heavy atom. The van der Waals surface area contributed by atoms with Crippen LogP contribution in [0.25, 0.3) is 0 Å². The van der Waals surface area contributed by atoms with Gasteiger partial charge in [0.15, 0.2) is 0 Å². The number of ether oxygens (including phenoxy) is 1. The molecule has 0 radical (unpaired) electrons. The molecule has 0 aliphatic rings. The van der Waals surface area contributed by atoms with Crippen molar-refractivity contribution in [2.24, 2.45) is 0 Å². The first-order chi connectivity index (χ1) is 10.5. The first-order valence-electron chi connectivity index (χ1n) is 6.81. The summed E-state index contributed by atoms with van der Waals surface area (Å²) in [7, 11) is 1.55. The van der Waals surface area contributed by atoms with Crippen LogP contribution in [-0.2, 0) is 6.54 Å². The summed E-state index contributed by atoms with van der Waals surface area (Å²) in [4.78, 5) is 10.5. The molecule has 0 aliphatic carbocycles. The Morgan fingerprint density at radius 1 is 1.27 bits per heavy atom. The second-order valence-corrected chi connectivity index (χ2v) is 5.34. The van der Waals surface area contributed by atoms with Gasteiger partial charge in [-0.1, -0.05) is 23.7 Å². The van der Waals surface area contributed by atoms with Gasteiger partial charge in [-0.05, 0) is 30.7 Å². The molecule has 2 aromatic carbocycles. The third kappa shape index (κ3) is 3.96. The van der Waals surface area contributed by atoms with E-state index in [1.807, 2.05) is 31.2 Å². The van der Waals surface area contributed by atoms with Gasteiger partial charge in [0.1, 0.15) is 5.75 Å². The summed E-state index contributed by atoms with van der Waals surface area (Å²) in [6.07, 6.45) is 0. The molecule has 6 heteroatoms. The molecule has 0 bridgehead atoms. The van der Waals surface area contributed by atoms with Gasteiger partial charge in [0.2, 0.25) is 0 Å². The number of nitrogens with zero attached hydrogens (tertiary/aromatic N) is 1. The summed E-state index contributed by atoms with van der Waals surface area (Å²) in [5, 5.41) is 14.9. The van der Waals surface area contributed by atoms with Crippen molar-refractivity contribution >= 4 is 17.3 Å². The zero-order chi connectivity index (χ0) is 16.1. The van der Waals surface area contributed by atoms with Crippen molar-refractivity contribution < 1.29 is 9.66 Å². The maximum Gasteiger partial charge on any atom is 0.270 e. The standard InChI is InChI=1S/C16H17ClN2O3/c1-11(12-3-5-14(17)6-4-12)18-10-13-9-15(19(20)21)7-8-16(13)22-2/h3-9,11,18H,10H2,1-2H3. The second kappa shape index (κ2) is 7.24. The molecule has 0 aromatic heterocycles. The maximum atomic E-state index is 10.9. The third-order valence-corrected chi connectivity index (χ3v) is 3.70. The summed E-state index contributed by atoms with van der Waals surface area (Å²) in [5.41, 5.74) is 1.89. The van der Waals surface area contributed by atoms with Gasteiger partial charge >= 0.3 is 0 Å². The number of rotatable bonds is 6. The minimum atomic E-state index is -0.411. The van der Waals surface area contributed by atoms with Gasteiger partial charge in [-0.3, -0.25) is 10.1 Å². The molecule has 0 saturated heterocycles. The molecule has 0 spiro atoms. The fraction of sp³-hybridized carbons (Fsp3) is 0.250. The summed E-state index contributed by atoms with van der Waals surface area (Å²) < 4.78 is 5.25. The van der Waals surface area contributed by atoms with E-state index in [1.54, 1.807) is 13.2 Å². The van der Waals surface area contributed by atoms with Crippen LogP contribution in [0.5, 0.6) is 5.75 Å². The van der Waals surface area contributed by atoms with Crippen molar-refractivity contribution in [1.29, 1.82) is 0 Å². The van der Waals surface area contributed by atoms with Crippen LogP contribution in [0.3, 0.4) is 0 Å². The van der Waals surface area contributed by atoms with Crippen LogP contribution in [0, 0.1) is 10.1 Å². The molecule has 0 aliphatic heterocycles. The summed E-state index contributed by atoms with van der Waals surface area (Å²) in [6, 6.07) is 12.2. The zero-order valence-electron chi connectivity index (χ0n) is 12.4. The molecule has 1 N–H and O–H groups in total. The SMILES string of the molecule is COc1ccc([N+](=O)[O-])cc1CNC(C)c1ccc(Cl)cc1. The topological polar surface area (TPSA) is 64.4 Å². The van der Waals surface area contributed by atoms with Gasteiger partial charge in [0.05, 0.1) is 12.0 Å². The highest BCUT2D eigenvalue weighted by Crippen LogP contribution is 2.25. The minimum Gasteiger partial charge on any atom is -0.496 e. The van der Waals surface area contributed by atoms with E-state index in [-0.39, 0.29) is 11.7 Å². The Labute approximate surface area is 134 Å². The van der Waals surface area contributed by atoms with Crippen LogP contribution >= 0.6 is 11.6 Å². The van der Waals surface area contributed by atoms with Crippen LogP contribution in [0.1, 0.15) is 24.1 Å². The molecule has 116 valence electrons. The Balaban J connectivity index is 2.11. The molecule has 0 heterocycles. The fourth-order valence-electron chi connectivity index (χ4n) is 2.15. The van der Waals surface area contributed by atoms with Crippen molar-refractivity contribution in [1.82, 2.24) is 5.32 Å². The highest BCUT2D eigenvalue weighted by Gasteiger charge is 2.12. The first-order valence-corrected chi connectivity index (χ1v) is 7.19. The van der Waals surface area contributed by atoms with E-state index in [1.165, 1.54) is 12.1 Å². The molecule has 5 nitrogen and oxygen atoms in total. The number of nitrogens with one attached hydrogen (secondary N) is 1. The lowest BCUT2D eigenvalue weighted by Gasteiger charge is -2.16. The van der Waals surface area contributed by atoms with Crippen LogP contribution < -0.4 is 10.1 Å². The number of halogens is 1. The van der Waals surface area contributed by atoms with Crippen molar-refractivity contribution in [2.75, 3.05) is 7.11 Å². The third-order valence-electron chi connectivity index (χ3n) is 3.44. The Kier molecular flexibility index (Phi) is 5.35. The first kappa shape index (κ1) is 16.3. The molecule has 1 unspecified atom stereocenters. The van der Waals surface area contributed by atoms with E-state index < -0.39 is 4.92 Å². The molecule has 2 aromatic rings. The second-order valence-electron chi connectivity index (χ2n) is 4.91. The average Bonchev–Trinajstić information content (AvgIpc) is 2.52. The van der Waals surface area contributed by atoms with E-state index in [4.69, 9.17) is 16.3 Å². The number of nitro groups is 1. The lowest BCUT2D eigenvalue weighted by Crippen LogP contribution is -2.18. The number of hydrogen-bond donors (Lipinski definition) is 1. The fourth-order valence-corrected chi connectivity index (χ4v) is 2.28. The summed E-state index contributed by atoms with van der Waals surface area (Å²) in [6.45, 7) is 2.49. The predicted molar refractivity (Wildman–Crippen MR) is 86.4 cm³/mol. The quantitative estimate of drug-likeness (QED) is 0.642. The number of benzene rings is 2. The van der Waals surface area contributed by atoms with Crippen LogP contribution in [-0.4, -0.2) is 12.0 Å². The largest absolute Gasteiger partial charge is 0.496 e. The highest BCUT2D eigenvalue weighted by atomic mass is 35.5. The predicted octanol–water partition coefficient (Wildman–Crippen LogP) is 4.11. The van der Waals surface area contributed by atoms with Gasteiger partial charge in [0, 0.05) is 35.3 Å². The number of methoxy groups -OCH3 is 1. The lowest BCUT2D eigenvalue weighted by atomic mass is 10.1. The summed E-state index contributed by atoms with van der Waals surface area (Å²) in [5.74, 6) is 0.626. The Morgan fingerprint density at radius 3 is 2.55 bits per heavy atom. The molecule has 2 rings (SSSR count). The van der Waals surface area contributed by atoms with Crippen molar-refractivity contribution in [3.63, 3.8) is 0 Å². The average molecular weight is 321 g/mol. The molecular formula is C16H17ClN2O3. The van der Waals surface area contributed by atoms with Gasteiger partial charge < -0.3 is 10.1 Å². The smallest absolute Gasteiger partial charge is 0.270 e. The molecule has 1 atom stereocenters. The molecule has 22 heavy (non-hydrogen) atoms. The number of hydrogen-bond acceptors (Lipinski definition) is 4. The van der Waals surface area contributed by atoms with E-state index >= 15 is 0 Å². The molecular weight excluding hydrogens is 304 g/mol. The molecule has 0 saturated carbocycles. The van der Waals surface area contributed by atoms with Gasteiger partial charge in [-0.2, -0.15) is 0 Å². The normalized spacial score (nSPS) is 12.0. The maximum absolute atomic E-state index is 10.9. The van der Waals surface area contributed by atoms with E-state index in [9.17, 15) is 10.1 Å². The number of non-ortho nitro benzene ring substituents is 1. The van der Waals surface area contributed by atoms with E-state index in [2.05, 4.69) is 5.32 Å². The zero-order valence-corrected chi connectivity index (χ0v) is 13.1. The lowest BCUT2D eigenvalue weighted by molar-refractivity contribution is -0.384. The monoisotopic (exact) mass is 320 g/mol. The van der Waals surface area contributed by atoms with Crippen molar-refractivity contribution in [3.05, 3.63) is 68.7 Å². The van der Waals surface area contributed by atoms with Crippen molar-refractivity contribution in [2.45, 2.75) is 19.5 Å². The van der Waals surface area contributed by atoms with Crippen LogP contribution in [0.2, 0.25) is 5.02 Å². The highest BCUT2D eigenvalue weighted by molar-refractivity contribution is 6.30.